The number of rotatable bonds is 6. The molecule has 0 radical (unpaired) electrons. The van der Waals surface area contributed by atoms with Crippen LogP contribution in [0.2, 0.25) is 0 Å². The lowest BCUT2D eigenvalue weighted by Crippen LogP contribution is -2.21. The molecule has 4 nitrogen and oxygen atoms in total. The highest BCUT2D eigenvalue weighted by Gasteiger charge is 2.19. The fraction of sp³-hybridized carbons (Fsp3) is 0.600. The van der Waals surface area contributed by atoms with Gasteiger partial charge in [-0.25, -0.2) is 4.79 Å². The summed E-state index contributed by atoms with van der Waals surface area (Å²) in [6, 6.07) is 0. The fourth-order valence-corrected chi connectivity index (χ4v) is 0.820. The average molecular weight is 200 g/mol. The van der Waals surface area contributed by atoms with Crippen LogP contribution >= 0.6 is 0 Å². The largest absolute Gasteiger partial charge is 0.460 e. The van der Waals surface area contributed by atoms with E-state index in [0.717, 1.165) is 0 Å². The van der Waals surface area contributed by atoms with Crippen molar-refractivity contribution in [3.8, 4) is 0 Å². The Morgan fingerprint density at radius 3 is 2.29 bits per heavy atom. The lowest BCUT2D eigenvalue weighted by molar-refractivity contribution is -0.152. The van der Waals surface area contributed by atoms with Gasteiger partial charge in [0.1, 0.15) is 0 Å². The standard InChI is InChI=1S/C10H16O4/c1-4-8(7-13-5-2)9(11)10(12)14-6-3/h4H,5-7H2,1-3H3. The van der Waals surface area contributed by atoms with E-state index in [4.69, 9.17) is 4.74 Å². The molecule has 14 heavy (non-hydrogen) atoms. The summed E-state index contributed by atoms with van der Waals surface area (Å²) in [5.74, 6) is -1.44. The first-order valence-corrected chi connectivity index (χ1v) is 4.61. The maximum atomic E-state index is 11.3. The molecule has 0 amide bonds. The molecule has 0 aromatic carbocycles. The van der Waals surface area contributed by atoms with Crippen LogP contribution in [0.4, 0.5) is 0 Å². The van der Waals surface area contributed by atoms with Crippen LogP contribution in [0.25, 0.3) is 0 Å². The molecule has 80 valence electrons. The maximum absolute atomic E-state index is 11.3. The monoisotopic (exact) mass is 200 g/mol. The Morgan fingerprint density at radius 2 is 1.86 bits per heavy atom. The van der Waals surface area contributed by atoms with Crippen LogP contribution in [-0.2, 0) is 19.1 Å². The zero-order valence-electron chi connectivity index (χ0n) is 8.83. The van der Waals surface area contributed by atoms with Crippen LogP contribution < -0.4 is 0 Å². The molecule has 0 saturated heterocycles. The molecule has 0 spiro atoms. The molecule has 0 heterocycles. The average Bonchev–Trinajstić information content (AvgIpc) is 2.19. The first-order valence-electron chi connectivity index (χ1n) is 4.61. The molecule has 4 heteroatoms. The predicted molar refractivity (Wildman–Crippen MR) is 51.9 cm³/mol. The summed E-state index contributed by atoms with van der Waals surface area (Å²) in [7, 11) is 0. The molecule has 0 aromatic rings. The van der Waals surface area contributed by atoms with Crippen LogP contribution in [-0.4, -0.2) is 31.6 Å². The van der Waals surface area contributed by atoms with Crippen molar-refractivity contribution in [2.24, 2.45) is 0 Å². The van der Waals surface area contributed by atoms with Crippen molar-refractivity contribution < 1.29 is 19.1 Å². The molecule has 0 aliphatic heterocycles. The van der Waals surface area contributed by atoms with Crippen molar-refractivity contribution >= 4 is 11.8 Å². The predicted octanol–water partition coefficient (Wildman–Crippen LogP) is 1.10. The van der Waals surface area contributed by atoms with Crippen molar-refractivity contribution in [1.29, 1.82) is 0 Å². The Kier molecular flexibility index (Phi) is 6.66. The SMILES string of the molecule is CC=C(COCC)C(=O)C(=O)OCC. The molecule has 0 aliphatic rings. The van der Waals surface area contributed by atoms with Gasteiger partial charge in [-0.3, -0.25) is 4.79 Å². The quantitative estimate of drug-likeness (QED) is 0.366. The number of ether oxygens (including phenoxy) is 2. The van der Waals surface area contributed by atoms with E-state index in [-0.39, 0.29) is 13.2 Å². The first-order chi connectivity index (χ1) is 6.67. The summed E-state index contributed by atoms with van der Waals surface area (Å²) in [4.78, 5) is 22.4. The number of Topliss-reactive ketones (excluding diaryl/α,β-unsaturated/α-hetero) is 1. The van der Waals surface area contributed by atoms with Gasteiger partial charge in [-0.15, -0.1) is 0 Å². The normalized spacial score (nSPS) is 11.2. The van der Waals surface area contributed by atoms with Gasteiger partial charge in [-0.2, -0.15) is 0 Å². The minimum atomic E-state index is -0.819. The van der Waals surface area contributed by atoms with E-state index in [1.165, 1.54) is 0 Å². The van der Waals surface area contributed by atoms with E-state index in [1.54, 1.807) is 19.9 Å². The van der Waals surface area contributed by atoms with Crippen molar-refractivity contribution in [2.75, 3.05) is 19.8 Å². The number of ketones is 1. The smallest absolute Gasteiger partial charge is 0.379 e. The molecule has 0 fully saturated rings. The molecular formula is C10H16O4. The van der Waals surface area contributed by atoms with Gasteiger partial charge >= 0.3 is 5.97 Å². The zero-order chi connectivity index (χ0) is 11.0. The summed E-state index contributed by atoms with van der Waals surface area (Å²) in [6.45, 7) is 6.03. The van der Waals surface area contributed by atoms with E-state index < -0.39 is 11.8 Å². The third-order valence-corrected chi connectivity index (χ3v) is 1.56. The summed E-state index contributed by atoms with van der Waals surface area (Å²) in [6.07, 6.45) is 1.56. The molecule has 0 N–H and O–H groups in total. The van der Waals surface area contributed by atoms with Crippen LogP contribution in [0, 0.1) is 0 Å². The Morgan fingerprint density at radius 1 is 1.21 bits per heavy atom. The first kappa shape index (κ1) is 12.8. The summed E-state index contributed by atoms with van der Waals surface area (Å²) < 4.78 is 9.62. The van der Waals surface area contributed by atoms with Crippen molar-refractivity contribution in [2.45, 2.75) is 20.8 Å². The third kappa shape index (κ3) is 4.18. The number of allylic oxidation sites excluding steroid dienone is 1. The number of carbonyl (C=O) groups is 2. The van der Waals surface area contributed by atoms with E-state index in [1.807, 2.05) is 6.92 Å². The summed E-state index contributed by atoms with van der Waals surface area (Å²) in [5, 5.41) is 0. The molecule has 0 rings (SSSR count). The topological polar surface area (TPSA) is 52.6 Å². The maximum Gasteiger partial charge on any atom is 0.379 e. The Bertz CT molecular complexity index is 230. The van der Waals surface area contributed by atoms with Gasteiger partial charge in [0.25, 0.3) is 5.78 Å². The molecular weight excluding hydrogens is 184 g/mol. The van der Waals surface area contributed by atoms with E-state index in [0.29, 0.717) is 12.2 Å². The van der Waals surface area contributed by atoms with E-state index in [2.05, 4.69) is 4.74 Å². The van der Waals surface area contributed by atoms with Crippen LogP contribution in [0.5, 0.6) is 0 Å². The lowest BCUT2D eigenvalue weighted by Gasteiger charge is -2.05. The second-order valence-electron chi connectivity index (χ2n) is 2.50. The zero-order valence-corrected chi connectivity index (χ0v) is 8.83. The van der Waals surface area contributed by atoms with Crippen LogP contribution in [0.3, 0.4) is 0 Å². The lowest BCUT2D eigenvalue weighted by atomic mass is 10.2. The molecule has 0 bridgehead atoms. The van der Waals surface area contributed by atoms with Gasteiger partial charge in [0.05, 0.1) is 13.2 Å². The molecule has 0 unspecified atom stereocenters. The highest BCUT2D eigenvalue weighted by molar-refractivity contribution is 6.40. The number of carbonyl (C=O) groups excluding carboxylic acids is 2. The summed E-state index contributed by atoms with van der Waals surface area (Å²) >= 11 is 0. The van der Waals surface area contributed by atoms with Crippen LogP contribution in [0.15, 0.2) is 11.6 Å². The van der Waals surface area contributed by atoms with Gasteiger partial charge in [0.2, 0.25) is 0 Å². The van der Waals surface area contributed by atoms with Crippen LogP contribution in [0.1, 0.15) is 20.8 Å². The van der Waals surface area contributed by atoms with Gasteiger partial charge in [0.15, 0.2) is 0 Å². The third-order valence-electron chi connectivity index (χ3n) is 1.56. The Labute approximate surface area is 83.9 Å². The van der Waals surface area contributed by atoms with Gasteiger partial charge in [0, 0.05) is 12.2 Å². The van der Waals surface area contributed by atoms with Crippen molar-refractivity contribution in [1.82, 2.24) is 0 Å². The molecule has 0 aromatic heterocycles. The minimum Gasteiger partial charge on any atom is -0.460 e. The Hall–Kier alpha value is -1.16. The van der Waals surface area contributed by atoms with Gasteiger partial charge in [-0.05, 0) is 20.8 Å². The Balaban J connectivity index is 4.25. The number of hydrogen-bond acceptors (Lipinski definition) is 4. The second kappa shape index (κ2) is 7.26. The van der Waals surface area contributed by atoms with Crippen molar-refractivity contribution in [3.05, 3.63) is 11.6 Å². The number of esters is 1. The van der Waals surface area contributed by atoms with Crippen molar-refractivity contribution in [3.63, 3.8) is 0 Å². The fourth-order valence-electron chi connectivity index (χ4n) is 0.820. The van der Waals surface area contributed by atoms with E-state index in [9.17, 15) is 9.59 Å². The van der Waals surface area contributed by atoms with Gasteiger partial charge < -0.3 is 9.47 Å². The van der Waals surface area contributed by atoms with Gasteiger partial charge in [-0.1, -0.05) is 6.08 Å². The highest BCUT2D eigenvalue weighted by Crippen LogP contribution is 1.99. The molecule has 0 atom stereocenters. The van der Waals surface area contributed by atoms with E-state index >= 15 is 0 Å². The highest BCUT2D eigenvalue weighted by atomic mass is 16.5. The second-order valence-corrected chi connectivity index (χ2v) is 2.50. The molecule has 0 aliphatic carbocycles. The minimum absolute atomic E-state index is 0.157. The summed E-state index contributed by atoms with van der Waals surface area (Å²) in [5.41, 5.74) is 0.338. The number of hydrogen-bond donors (Lipinski definition) is 0. The molecule has 0 saturated carbocycles.